The molecule has 1 fully saturated rings. The fourth-order valence-electron chi connectivity index (χ4n) is 2.74. The number of nitrogens with zero attached hydrogens (tertiary/aromatic N) is 2. The Morgan fingerprint density at radius 2 is 2.05 bits per heavy atom. The SMILES string of the molecule is O=C(CSc1nc(=O)[nH]c2c1CCC2)N1CCCC1. The van der Waals surface area contributed by atoms with Crippen LogP contribution < -0.4 is 5.69 Å². The van der Waals surface area contributed by atoms with Crippen LogP contribution in [0, 0.1) is 0 Å². The number of hydrogen-bond donors (Lipinski definition) is 1. The van der Waals surface area contributed by atoms with E-state index in [2.05, 4.69) is 9.97 Å². The molecule has 0 saturated carbocycles. The van der Waals surface area contributed by atoms with Gasteiger partial charge in [0.1, 0.15) is 5.03 Å². The molecule has 1 aromatic heterocycles. The summed E-state index contributed by atoms with van der Waals surface area (Å²) in [6.45, 7) is 1.75. The van der Waals surface area contributed by atoms with Crippen LogP contribution in [0.25, 0.3) is 0 Å². The molecule has 0 bridgehead atoms. The largest absolute Gasteiger partial charge is 0.346 e. The number of nitrogens with one attached hydrogen (secondary N) is 1. The Labute approximate surface area is 115 Å². The van der Waals surface area contributed by atoms with Gasteiger partial charge in [0, 0.05) is 24.3 Å². The minimum Gasteiger partial charge on any atom is -0.342 e. The van der Waals surface area contributed by atoms with Crippen LogP contribution in [0.4, 0.5) is 0 Å². The number of H-pyrrole nitrogens is 1. The number of aromatic amines is 1. The van der Waals surface area contributed by atoms with E-state index < -0.39 is 0 Å². The first-order valence-corrected chi connectivity index (χ1v) is 7.75. The van der Waals surface area contributed by atoms with Gasteiger partial charge in [0.2, 0.25) is 5.91 Å². The first-order valence-electron chi connectivity index (χ1n) is 6.76. The first-order chi connectivity index (χ1) is 9.24. The lowest BCUT2D eigenvalue weighted by atomic mass is 10.3. The van der Waals surface area contributed by atoms with E-state index in [1.54, 1.807) is 0 Å². The summed E-state index contributed by atoms with van der Waals surface area (Å²) in [4.78, 5) is 32.2. The van der Waals surface area contributed by atoms with Gasteiger partial charge in [-0.15, -0.1) is 0 Å². The van der Waals surface area contributed by atoms with Gasteiger partial charge in [0.15, 0.2) is 0 Å². The van der Waals surface area contributed by atoms with Crippen LogP contribution >= 0.6 is 11.8 Å². The average molecular weight is 279 g/mol. The van der Waals surface area contributed by atoms with Crippen molar-refractivity contribution in [3.63, 3.8) is 0 Å². The standard InChI is InChI=1S/C13H17N3O2S/c17-11(16-6-1-2-7-16)8-19-12-9-4-3-5-10(9)14-13(18)15-12/h1-8H2,(H,14,15,18). The Morgan fingerprint density at radius 1 is 1.26 bits per heavy atom. The van der Waals surface area contributed by atoms with Crippen LogP contribution in [0.5, 0.6) is 0 Å². The van der Waals surface area contributed by atoms with E-state index in [-0.39, 0.29) is 11.6 Å². The molecule has 2 heterocycles. The smallest absolute Gasteiger partial charge is 0.342 e. The van der Waals surface area contributed by atoms with E-state index in [1.807, 2.05) is 4.90 Å². The van der Waals surface area contributed by atoms with Crippen molar-refractivity contribution in [2.75, 3.05) is 18.8 Å². The Kier molecular flexibility index (Phi) is 3.59. The maximum atomic E-state index is 12.0. The predicted octanol–water partition coefficient (Wildman–Crippen LogP) is 0.973. The molecule has 1 aromatic rings. The van der Waals surface area contributed by atoms with Crippen molar-refractivity contribution >= 4 is 17.7 Å². The second kappa shape index (κ2) is 5.36. The minimum atomic E-state index is -0.295. The quantitative estimate of drug-likeness (QED) is 0.661. The van der Waals surface area contributed by atoms with Crippen molar-refractivity contribution in [3.8, 4) is 0 Å². The third-order valence-electron chi connectivity index (χ3n) is 3.73. The van der Waals surface area contributed by atoms with Crippen LogP contribution in [0.2, 0.25) is 0 Å². The third-order valence-corrected chi connectivity index (χ3v) is 4.73. The van der Waals surface area contributed by atoms with Crippen molar-refractivity contribution in [1.82, 2.24) is 14.9 Å². The molecule has 0 radical (unpaired) electrons. The molecule has 3 rings (SSSR count). The molecule has 0 atom stereocenters. The van der Waals surface area contributed by atoms with Crippen LogP contribution in [-0.4, -0.2) is 39.6 Å². The molecule has 0 unspecified atom stereocenters. The zero-order valence-electron chi connectivity index (χ0n) is 10.8. The number of rotatable bonds is 3. The first kappa shape index (κ1) is 12.7. The number of aromatic nitrogens is 2. The highest BCUT2D eigenvalue weighted by Crippen LogP contribution is 2.28. The molecule has 102 valence electrons. The average Bonchev–Trinajstić information content (AvgIpc) is 3.05. The van der Waals surface area contributed by atoms with Crippen molar-refractivity contribution in [1.29, 1.82) is 0 Å². The summed E-state index contributed by atoms with van der Waals surface area (Å²) < 4.78 is 0. The molecule has 0 aromatic carbocycles. The Hall–Kier alpha value is -1.30. The van der Waals surface area contributed by atoms with Gasteiger partial charge in [-0.2, -0.15) is 4.98 Å². The molecule has 1 aliphatic carbocycles. The highest BCUT2D eigenvalue weighted by atomic mass is 32.2. The van der Waals surface area contributed by atoms with E-state index in [4.69, 9.17) is 0 Å². The highest BCUT2D eigenvalue weighted by Gasteiger charge is 2.21. The molecule has 0 spiro atoms. The lowest BCUT2D eigenvalue weighted by molar-refractivity contribution is -0.127. The molecule has 6 heteroatoms. The van der Waals surface area contributed by atoms with Crippen LogP contribution in [0.1, 0.15) is 30.5 Å². The Bertz CT molecular complexity index is 549. The van der Waals surface area contributed by atoms with E-state index >= 15 is 0 Å². The third kappa shape index (κ3) is 2.68. The molecule has 1 amide bonds. The highest BCUT2D eigenvalue weighted by molar-refractivity contribution is 7.99. The van der Waals surface area contributed by atoms with E-state index in [9.17, 15) is 9.59 Å². The van der Waals surface area contributed by atoms with E-state index in [1.165, 1.54) is 11.8 Å². The van der Waals surface area contributed by atoms with Gasteiger partial charge in [-0.25, -0.2) is 4.79 Å². The number of hydrogen-bond acceptors (Lipinski definition) is 4. The monoisotopic (exact) mass is 279 g/mol. The molecule has 1 aliphatic heterocycles. The molecule has 19 heavy (non-hydrogen) atoms. The van der Waals surface area contributed by atoms with Crippen molar-refractivity contribution < 1.29 is 4.79 Å². The number of amides is 1. The van der Waals surface area contributed by atoms with Crippen LogP contribution in [-0.2, 0) is 17.6 Å². The lowest BCUT2D eigenvalue weighted by Crippen LogP contribution is -2.29. The zero-order chi connectivity index (χ0) is 13.2. The van der Waals surface area contributed by atoms with Gasteiger partial charge in [-0.1, -0.05) is 11.8 Å². The summed E-state index contributed by atoms with van der Waals surface area (Å²) in [7, 11) is 0. The van der Waals surface area contributed by atoms with Gasteiger partial charge in [-0.3, -0.25) is 4.79 Å². The number of likely N-dealkylation sites (tertiary alicyclic amines) is 1. The maximum Gasteiger partial charge on any atom is 0.346 e. The summed E-state index contributed by atoms with van der Waals surface area (Å²) in [5, 5.41) is 0.754. The normalized spacial score (nSPS) is 17.8. The van der Waals surface area contributed by atoms with Crippen LogP contribution in [0.15, 0.2) is 9.82 Å². The molecular weight excluding hydrogens is 262 g/mol. The van der Waals surface area contributed by atoms with Crippen molar-refractivity contribution in [3.05, 3.63) is 21.7 Å². The summed E-state index contributed by atoms with van der Waals surface area (Å²) >= 11 is 1.41. The summed E-state index contributed by atoms with van der Waals surface area (Å²) in [5.74, 6) is 0.555. The summed E-state index contributed by atoms with van der Waals surface area (Å²) in [6, 6.07) is 0. The maximum absolute atomic E-state index is 12.0. The van der Waals surface area contributed by atoms with Gasteiger partial charge < -0.3 is 9.88 Å². The zero-order valence-corrected chi connectivity index (χ0v) is 11.6. The molecule has 1 saturated heterocycles. The van der Waals surface area contributed by atoms with Crippen LogP contribution in [0.3, 0.4) is 0 Å². The number of fused-ring (bicyclic) bond motifs is 1. The number of thioether (sulfide) groups is 1. The van der Waals surface area contributed by atoms with E-state index in [0.717, 1.165) is 61.5 Å². The second-order valence-corrected chi connectivity index (χ2v) is 6.00. The molecule has 5 nitrogen and oxygen atoms in total. The molecule has 1 N–H and O–H groups in total. The van der Waals surface area contributed by atoms with E-state index in [0.29, 0.717) is 5.75 Å². The van der Waals surface area contributed by atoms with Crippen molar-refractivity contribution in [2.24, 2.45) is 0 Å². The summed E-state index contributed by atoms with van der Waals surface area (Å²) in [5.41, 5.74) is 1.85. The van der Waals surface area contributed by atoms with Gasteiger partial charge >= 0.3 is 5.69 Å². The Balaban J connectivity index is 1.70. The molecule has 2 aliphatic rings. The fraction of sp³-hybridized carbons (Fsp3) is 0.615. The molecular formula is C13H17N3O2S. The lowest BCUT2D eigenvalue weighted by Gasteiger charge is -2.14. The second-order valence-electron chi connectivity index (χ2n) is 5.03. The predicted molar refractivity (Wildman–Crippen MR) is 73.4 cm³/mol. The van der Waals surface area contributed by atoms with Gasteiger partial charge in [0.25, 0.3) is 0 Å². The summed E-state index contributed by atoms with van der Waals surface area (Å²) in [6.07, 6.45) is 5.15. The van der Waals surface area contributed by atoms with Crippen molar-refractivity contribution in [2.45, 2.75) is 37.1 Å². The number of carbonyl (C=O) groups is 1. The Morgan fingerprint density at radius 3 is 2.84 bits per heavy atom. The number of carbonyl (C=O) groups excluding carboxylic acids is 1. The number of aryl methyl sites for hydroxylation is 1. The fourth-order valence-corrected chi connectivity index (χ4v) is 3.73. The minimum absolute atomic E-state index is 0.163. The topological polar surface area (TPSA) is 66.1 Å². The van der Waals surface area contributed by atoms with Gasteiger partial charge in [-0.05, 0) is 32.1 Å². The van der Waals surface area contributed by atoms with Gasteiger partial charge in [0.05, 0.1) is 5.75 Å².